The van der Waals surface area contributed by atoms with Gasteiger partial charge in [-0.2, -0.15) is 0 Å². The molecule has 0 spiro atoms. The zero-order chi connectivity index (χ0) is 19.4. The van der Waals surface area contributed by atoms with E-state index in [9.17, 15) is 8.42 Å². The van der Waals surface area contributed by atoms with Crippen molar-refractivity contribution in [1.29, 1.82) is 0 Å². The lowest BCUT2D eigenvalue weighted by Crippen LogP contribution is -2.26. The Hall–Kier alpha value is -2.40. The first-order valence-electron chi connectivity index (χ1n) is 8.12. The number of rotatable bonds is 6. The molecule has 0 aliphatic heterocycles. The molecule has 140 valence electrons. The van der Waals surface area contributed by atoms with Gasteiger partial charge in [0.1, 0.15) is 11.5 Å². The normalized spacial score (nSPS) is 11.4. The third-order valence-electron chi connectivity index (χ3n) is 4.05. The Morgan fingerprint density at radius 3 is 1.56 bits per heavy atom. The highest BCUT2D eigenvalue weighted by molar-refractivity contribution is 7.88. The van der Waals surface area contributed by atoms with Crippen molar-refractivity contribution in [3.63, 3.8) is 0 Å². The van der Waals surface area contributed by atoms with E-state index in [4.69, 9.17) is 14.0 Å². The third-order valence-corrected chi connectivity index (χ3v) is 7.71. The van der Waals surface area contributed by atoms with Crippen LogP contribution in [0.15, 0.2) is 77.7 Å². The van der Waals surface area contributed by atoms with E-state index in [1.165, 1.54) is 6.07 Å². The number of para-hydroxylation sites is 2. The maximum Gasteiger partial charge on any atom is 0.409 e. The van der Waals surface area contributed by atoms with E-state index in [0.717, 1.165) is 10.6 Å². The monoisotopic (exact) mass is 403 g/mol. The van der Waals surface area contributed by atoms with Gasteiger partial charge in [0.05, 0.1) is 14.2 Å². The Morgan fingerprint density at radius 1 is 0.704 bits per heavy atom. The number of methoxy groups -OCH3 is 2. The van der Waals surface area contributed by atoms with E-state index < -0.39 is 18.0 Å². The van der Waals surface area contributed by atoms with Gasteiger partial charge in [0.25, 0.3) is 0 Å². The molecule has 0 unspecified atom stereocenters. The quantitative estimate of drug-likeness (QED) is 0.465. The van der Waals surface area contributed by atoms with E-state index >= 15 is 0 Å². The van der Waals surface area contributed by atoms with Crippen LogP contribution in [0.3, 0.4) is 0 Å². The van der Waals surface area contributed by atoms with Crippen LogP contribution in [0, 0.1) is 0 Å². The molecule has 0 fully saturated rings. The summed E-state index contributed by atoms with van der Waals surface area (Å²) in [5.74, 6) is 1.32. The Labute approximate surface area is 160 Å². The molecule has 0 amide bonds. The molecule has 3 aromatic carbocycles. The third kappa shape index (κ3) is 3.98. The highest BCUT2D eigenvalue weighted by Gasteiger charge is 2.30. The first kappa shape index (κ1) is 19.4. The molecular weight excluding hydrogens is 383 g/mol. The molecule has 0 radical (unpaired) electrons. The summed E-state index contributed by atoms with van der Waals surface area (Å²) in [5.41, 5.74) is 0. The van der Waals surface area contributed by atoms with Crippen molar-refractivity contribution in [3.8, 4) is 11.5 Å². The van der Waals surface area contributed by atoms with Crippen LogP contribution in [0.2, 0.25) is 0 Å². The predicted molar refractivity (Wildman–Crippen MR) is 109 cm³/mol. The molecule has 0 saturated carbocycles. The lowest BCUT2D eigenvalue weighted by Gasteiger charge is -2.24. The Kier molecular flexibility index (Phi) is 5.80. The van der Waals surface area contributed by atoms with Gasteiger partial charge in [-0.15, -0.1) is 8.42 Å². The van der Waals surface area contributed by atoms with Gasteiger partial charge in [-0.05, 0) is 26.1 Å². The molecule has 3 aromatic rings. The predicted octanol–water partition coefficient (Wildman–Crippen LogP) is 1.88. The summed E-state index contributed by atoms with van der Waals surface area (Å²) in [5, 5.41) is 2.28. The molecule has 0 aliphatic carbocycles. The molecule has 0 atom stereocenters. The topological polar surface area (TPSA) is 75.5 Å². The summed E-state index contributed by atoms with van der Waals surface area (Å²) in [7, 11) is -2.31. The molecule has 5 nitrogen and oxygen atoms in total. The molecule has 0 heterocycles. The van der Waals surface area contributed by atoms with Crippen LogP contribution in [-0.4, -0.2) is 27.2 Å². The van der Waals surface area contributed by atoms with Gasteiger partial charge < -0.3 is 14.0 Å². The SMILES string of the molecule is COc1ccccc1P(c1ccccc1OC)c1ccccc1S(=O)(=O)[OH2+]. The van der Waals surface area contributed by atoms with Crippen molar-refractivity contribution in [3.05, 3.63) is 72.8 Å². The van der Waals surface area contributed by atoms with Crippen molar-refractivity contribution < 1.29 is 22.4 Å². The first-order valence-corrected chi connectivity index (χ1v) is 10.9. The standard InChI is InChI=1S/C20H19O5PS/c1-24-15-9-3-5-11-17(15)26(18-12-6-4-10-16(18)25-2)19-13-7-8-14-20(19)27(21,22)23/h3-14H,1-2H3,(H,21,22,23)/p+1. The smallest absolute Gasteiger partial charge is 0.409 e. The first-order chi connectivity index (χ1) is 13.0. The van der Waals surface area contributed by atoms with Gasteiger partial charge in [-0.3, -0.25) is 0 Å². The molecule has 0 aliphatic rings. The summed E-state index contributed by atoms with van der Waals surface area (Å²) in [6.07, 6.45) is 0. The molecular formula is C20H20O5PS+. The molecule has 2 N–H and O–H groups in total. The zero-order valence-electron chi connectivity index (χ0n) is 14.9. The average molecular weight is 403 g/mol. The van der Waals surface area contributed by atoms with E-state index in [1.807, 2.05) is 48.5 Å². The number of hydrogen-bond acceptors (Lipinski definition) is 4. The fourth-order valence-corrected chi connectivity index (χ4v) is 6.67. The number of hydrogen-bond donors (Lipinski definition) is 0. The lowest BCUT2D eigenvalue weighted by atomic mass is 10.3. The van der Waals surface area contributed by atoms with Gasteiger partial charge in [0, 0.05) is 15.9 Å². The molecule has 27 heavy (non-hydrogen) atoms. The summed E-state index contributed by atoms with van der Waals surface area (Å²) >= 11 is 0. The van der Waals surface area contributed by atoms with Gasteiger partial charge >= 0.3 is 10.1 Å². The van der Waals surface area contributed by atoms with Crippen molar-refractivity contribution in [1.82, 2.24) is 0 Å². The number of ether oxygens (including phenoxy) is 2. The van der Waals surface area contributed by atoms with Crippen molar-refractivity contribution in [2.75, 3.05) is 14.2 Å². The van der Waals surface area contributed by atoms with Gasteiger partial charge in [-0.1, -0.05) is 54.6 Å². The maximum absolute atomic E-state index is 12.1. The van der Waals surface area contributed by atoms with Gasteiger partial charge in [0.2, 0.25) is 0 Å². The molecule has 3 rings (SSSR count). The summed E-state index contributed by atoms with van der Waals surface area (Å²) in [6, 6.07) is 21.7. The summed E-state index contributed by atoms with van der Waals surface area (Å²) < 4.78 is 43.0. The average Bonchev–Trinajstić information content (AvgIpc) is 2.68. The van der Waals surface area contributed by atoms with Crippen molar-refractivity contribution in [2.45, 2.75) is 4.90 Å². The van der Waals surface area contributed by atoms with Gasteiger partial charge in [0.15, 0.2) is 4.90 Å². The lowest BCUT2D eigenvalue weighted by molar-refractivity contribution is 0.417. The Balaban J connectivity index is 2.37. The van der Waals surface area contributed by atoms with Crippen LogP contribution in [-0.2, 0) is 10.1 Å². The van der Waals surface area contributed by atoms with Crippen LogP contribution in [0.25, 0.3) is 0 Å². The zero-order valence-corrected chi connectivity index (χ0v) is 16.6. The largest absolute Gasteiger partial charge is 0.496 e. The Bertz CT molecular complexity index is 1000. The second kappa shape index (κ2) is 8.09. The second-order valence-electron chi connectivity index (χ2n) is 5.65. The second-order valence-corrected chi connectivity index (χ2v) is 9.21. The molecule has 0 aromatic heterocycles. The molecule has 0 bridgehead atoms. The van der Waals surface area contributed by atoms with E-state index in [-0.39, 0.29) is 4.90 Å². The maximum atomic E-state index is 12.1. The highest BCUT2D eigenvalue weighted by Crippen LogP contribution is 2.41. The van der Waals surface area contributed by atoms with Gasteiger partial charge in [-0.25, -0.2) is 0 Å². The summed E-state index contributed by atoms with van der Waals surface area (Å²) in [6.45, 7) is 0. The van der Waals surface area contributed by atoms with E-state index in [2.05, 4.69) is 0 Å². The minimum Gasteiger partial charge on any atom is -0.496 e. The van der Waals surface area contributed by atoms with Crippen LogP contribution < -0.4 is 25.4 Å². The van der Waals surface area contributed by atoms with Crippen molar-refractivity contribution >= 4 is 34.0 Å². The number of benzene rings is 3. The summed E-state index contributed by atoms with van der Waals surface area (Å²) in [4.78, 5) is -0.00655. The van der Waals surface area contributed by atoms with Crippen LogP contribution in [0.4, 0.5) is 0 Å². The van der Waals surface area contributed by atoms with Crippen LogP contribution >= 0.6 is 7.92 Å². The fraction of sp³-hybridized carbons (Fsp3) is 0.100. The fourth-order valence-electron chi connectivity index (χ4n) is 2.89. The van der Waals surface area contributed by atoms with Crippen LogP contribution in [0.5, 0.6) is 11.5 Å². The van der Waals surface area contributed by atoms with E-state index in [1.54, 1.807) is 32.4 Å². The highest BCUT2D eigenvalue weighted by atomic mass is 32.2. The minimum atomic E-state index is -4.15. The Morgan fingerprint density at radius 2 is 1.11 bits per heavy atom. The van der Waals surface area contributed by atoms with E-state index in [0.29, 0.717) is 16.8 Å². The van der Waals surface area contributed by atoms with Crippen LogP contribution in [0.1, 0.15) is 0 Å². The molecule has 0 saturated heterocycles. The minimum absolute atomic E-state index is 0.00655. The molecule has 7 heteroatoms. The van der Waals surface area contributed by atoms with Crippen molar-refractivity contribution in [2.24, 2.45) is 0 Å².